The van der Waals surface area contributed by atoms with Gasteiger partial charge in [0.2, 0.25) is 0 Å². The first-order chi connectivity index (χ1) is 9.38. The van der Waals surface area contributed by atoms with Crippen molar-refractivity contribution in [2.24, 2.45) is 0 Å². The van der Waals surface area contributed by atoms with Gasteiger partial charge in [-0.2, -0.15) is 5.10 Å². The average Bonchev–Trinajstić information content (AvgIpc) is 2.39. The molecule has 2 rings (SSSR count). The Balaban J connectivity index is 0.000000612. The zero-order chi connectivity index (χ0) is 15.2. The van der Waals surface area contributed by atoms with Crippen LogP contribution in [0.3, 0.4) is 0 Å². The van der Waals surface area contributed by atoms with Gasteiger partial charge in [-0.05, 0) is 17.9 Å². The molecule has 0 aliphatic heterocycles. The van der Waals surface area contributed by atoms with Gasteiger partial charge in [0.15, 0.2) is 5.82 Å². The van der Waals surface area contributed by atoms with Crippen molar-refractivity contribution in [3.8, 4) is 11.4 Å². The Labute approximate surface area is 118 Å². The van der Waals surface area contributed by atoms with Crippen molar-refractivity contribution in [3.63, 3.8) is 0 Å². The lowest BCUT2D eigenvalue weighted by Gasteiger charge is -2.18. The van der Waals surface area contributed by atoms with E-state index in [0.717, 1.165) is 11.3 Å². The minimum absolute atomic E-state index is 0.171. The summed E-state index contributed by atoms with van der Waals surface area (Å²) in [5.41, 5.74) is 3.37. The zero-order valence-electron chi connectivity index (χ0n) is 12.2. The van der Waals surface area contributed by atoms with E-state index in [4.69, 9.17) is 9.90 Å². The van der Waals surface area contributed by atoms with Gasteiger partial charge in [0.25, 0.3) is 6.47 Å². The third-order valence-corrected chi connectivity index (χ3v) is 2.69. The first-order valence-electron chi connectivity index (χ1n) is 6.23. The minimum atomic E-state index is -0.250. The first-order valence-corrected chi connectivity index (χ1v) is 6.23. The molecule has 0 radical (unpaired) electrons. The summed E-state index contributed by atoms with van der Waals surface area (Å²) in [6, 6.07) is 8.36. The third kappa shape index (κ3) is 4.42. The number of rotatable bonds is 1. The lowest BCUT2D eigenvalue weighted by molar-refractivity contribution is -0.122. The van der Waals surface area contributed by atoms with Crippen LogP contribution < -0.4 is 0 Å². The molecular formula is C15H19N3O2. The molecule has 106 valence electrons. The molecule has 0 saturated heterocycles. The molecule has 5 heteroatoms. The molecule has 0 saturated carbocycles. The van der Waals surface area contributed by atoms with Crippen molar-refractivity contribution in [1.29, 1.82) is 0 Å². The van der Waals surface area contributed by atoms with E-state index in [9.17, 15) is 0 Å². The summed E-state index contributed by atoms with van der Waals surface area (Å²) in [5.74, 6) is 0.686. The fourth-order valence-corrected chi connectivity index (χ4v) is 1.63. The van der Waals surface area contributed by atoms with Crippen molar-refractivity contribution < 1.29 is 9.90 Å². The van der Waals surface area contributed by atoms with E-state index >= 15 is 0 Å². The summed E-state index contributed by atoms with van der Waals surface area (Å²) >= 11 is 0. The summed E-state index contributed by atoms with van der Waals surface area (Å²) in [6.45, 7) is 8.27. The number of carboxylic acid groups (broad SMARTS) is 1. The molecule has 0 aliphatic carbocycles. The van der Waals surface area contributed by atoms with E-state index in [1.54, 1.807) is 6.20 Å². The van der Waals surface area contributed by atoms with Crippen LogP contribution in [-0.4, -0.2) is 26.8 Å². The number of aromatic nitrogens is 3. The van der Waals surface area contributed by atoms with Gasteiger partial charge in [-0.25, -0.2) is 4.98 Å². The highest BCUT2D eigenvalue weighted by atomic mass is 16.3. The van der Waals surface area contributed by atoms with Gasteiger partial charge in [0.1, 0.15) is 0 Å². The highest BCUT2D eigenvalue weighted by Gasteiger charge is 2.13. The second-order valence-corrected chi connectivity index (χ2v) is 5.35. The molecule has 5 nitrogen and oxygen atoms in total. The van der Waals surface area contributed by atoms with Gasteiger partial charge in [0.05, 0.1) is 11.9 Å². The van der Waals surface area contributed by atoms with E-state index in [1.165, 1.54) is 5.56 Å². The summed E-state index contributed by atoms with van der Waals surface area (Å²) in [5, 5.41) is 14.8. The van der Waals surface area contributed by atoms with Crippen LogP contribution in [-0.2, 0) is 10.2 Å². The predicted molar refractivity (Wildman–Crippen MR) is 77.4 cm³/mol. The maximum Gasteiger partial charge on any atom is 0.290 e. The Kier molecular flexibility index (Phi) is 5.32. The normalized spacial score (nSPS) is 10.4. The van der Waals surface area contributed by atoms with E-state index in [-0.39, 0.29) is 11.9 Å². The van der Waals surface area contributed by atoms with Crippen LogP contribution in [0.2, 0.25) is 0 Å². The van der Waals surface area contributed by atoms with Crippen LogP contribution >= 0.6 is 0 Å². The van der Waals surface area contributed by atoms with Gasteiger partial charge in [0, 0.05) is 5.56 Å². The Morgan fingerprint density at radius 3 is 2.15 bits per heavy atom. The fraction of sp³-hybridized carbons (Fsp3) is 0.333. The standard InChI is InChI=1S/C14H17N3.CH2O2/c1-10-9-15-17-13(16-10)11-5-7-12(8-6-11)14(2,3)4;2-1-3/h5-9H,1-4H3;1H,(H,2,3). The van der Waals surface area contributed by atoms with Crippen molar-refractivity contribution in [2.75, 3.05) is 0 Å². The maximum atomic E-state index is 8.36. The molecule has 0 unspecified atom stereocenters. The topological polar surface area (TPSA) is 76.0 Å². The molecule has 0 bridgehead atoms. The summed E-state index contributed by atoms with van der Waals surface area (Å²) in [7, 11) is 0. The summed E-state index contributed by atoms with van der Waals surface area (Å²) < 4.78 is 0. The van der Waals surface area contributed by atoms with Crippen LogP contribution in [0.15, 0.2) is 30.5 Å². The molecule has 0 aliphatic rings. The van der Waals surface area contributed by atoms with E-state index in [2.05, 4.69) is 60.2 Å². The quantitative estimate of drug-likeness (QED) is 0.808. The molecule has 1 N–H and O–H groups in total. The number of hydrogen-bond donors (Lipinski definition) is 1. The second-order valence-electron chi connectivity index (χ2n) is 5.35. The molecule has 2 aromatic rings. The monoisotopic (exact) mass is 273 g/mol. The molecule has 0 amide bonds. The van der Waals surface area contributed by atoms with Crippen LogP contribution in [0.25, 0.3) is 11.4 Å². The largest absolute Gasteiger partial charge is 0.483 e. The number of hydrogen-bond acceptors (Lipinski definition) is 4. The molecule has 0 fully saturated rings. The van der Waals surface area contributed by atoms with Gasteiger partial charge in [-0.15, -0.1) is 5.10 Å². The molecule has 0 spiro atoms. The average molecular weight is 273 g/mol. The van der Waals surface area contributed by atoms with Crippen molar-refractivity contribution in [2.45, 2.75) is 33.1 Å². The number of carbonyl (C=O) groups is 1. The molecular weight excluding hydrogens is 254 g/mol. The summed E-state index contributed by atoms with van der Waals surface area (Å²) in [4.78, 5) is 12.7. The van der Waals surface area contributed by atoms with Crippen molar-refractivity contribution in [3.05, 3.63) is 41.7 Å². The molecule has 1 aromatic carbocycles. The predicted octanol–water partition coefficient (Wildman–Crippen LogP) is 2.85. The van der Waals surface area contributed by atoms with Crippen LogP contribution in [0.5, 0.6) is 0 Å². The highest BCUT2D eigenvalue weighted by Crippen LogP contribution is 2.24. The van der Waals surface area contributed by atoms with Gasteiger partial charge in [-0.3, -0.25) is 4.79 Å². The van der Waals surface area contributed by atoms with Gasteiger partial charge >= 0.3 is 0 Å². The maximum absolute atomic E-state index is 8.36. The number of nitrogens with zero attached hydrogens (tertiary/aromatic N) is 3. The Hall–Kier alpha value is -2.30. The van der Waals surface area contributed by atoms with E-state index in [1.807, 2.05) is 6.92 Å². The Morgan fingerprint density at radius 1 is 1.15 bits per heavy atom. The molecule has 1 heterocycles. The minimum Gasteiger partial charge on any atom is -0.483 e. The number of aryl methyl sites for hydroxylation is 1. The van der Waals surface area contributed by atoms with E-state index < -0.39 is 0 Å². The smallest absolute Gasteiger partial charge is 0.290 e. The number of benzene rings is 1. The highest BCUT2D eigenvalue weighted by molar-refractivity contribution is 5.55. The molecule has 20 heavy (non-hydrogen) atoms. The molecule has 0 atom stereocenters. The lowest BCUT2D eigenvalue weighted by Crippen LogP contribution is -2.10. The second kappa shape index (κ2) is 6.75. The van der Waals surface area contributed by atoms with E-state index in [0.29, 0.717) is 5.82 Å². The third-order valence-electron chi connectivity index (χ3n) is 2.69. The fourth-order valence-electron chi connectivity index (χ4n) is 1.63. The van der Waals surface area contributed by atoms with Crippen LogP contribution in [0.4, 0.5) is 0 Å². The van der Waals surface area contributed by atoms with Gasteiger partial charge < -0.3 is 5.11 Å². The summed E-state index contributed by atoms with van der Waals surface area (Å²) in [6.07, 6.45) is 1.66. The van der Waals surface area contributed by atoms with Crippen LogP contribution in [0.1, 0.15) is 32.0 Å². The first kappa shape index (κ1) is 15.8. The van der Waals surface area contributed by atoms with Crippen molar-refractivity contribution >= 4 is 6.47 Å². The lowest BCUT2D eigenvalue weighted by atomic mass is 9.87. The Bertz CT molecular complexity index is 560. The SMILES string of the molecule is Cc1cnnc(-c2ccc(C(C)(C)C)cc2)n1.O=CO. The molecule has 1 aromatic heterocycles. The van der Waals surface area contributed by atoms with Crippen LogP contribution in [0, 0.1) is 6.92 Å². The van der Waals surface area contributed by atoms with Crippen molar-refractivity contribution in [1.82, 2.24) is 15.2 Å². The van der Waals surface area contributed by atoms with Gasteiger partial charge in [-0.1, -0.05) is 45.0 Å². The Morgan fingerprint density at radius 2 is 1.70 bits per heavy atom. The zero-order valence-corrected chi connectivity index (χ0v) is 12.2.